The van der Waals surface area contributed by atoms with E-state index in [1.165, 1.54) is 96.3 Å². The van der Waals surface area contributed by atoms with Crippen LogP contribution in [-0.4, -0.2) is 47.1 Å². The number of epoxide rings is 1. The molecule has 1 fully saturated rings. The topological polar surface area (TPSA) is 82.1 Å². The van der Waals surface area contributed by atoms with Crippen LogP contribution in [0.4, 0.5) is 0 Å². The number of hydrogen-bond donors (Lipinski definition) is 3. The van der Waals surface area contributed by atoms with Crippen molar-refractivity contribution in [3.63, 3.8) is 0 Å². The van der Waals surface area contributed by atoms with Crippen molar-refractivity contribution in [1.29, 1.82) is 0 Å². The highest BCUT2D eigenvalue weighted by atomic mass is 16.6. The molecule has 0 saturated carbocycles. The normalized spacial score (nSPS) is 18.2. The molecule has 250 valence electrons. The van der Waals surface area contributed by atoms with Crippen LogP contribution in [0.15, 0.2) is 36.5 Å². The molecule has 1 rings (SSSR count). The Hall–Kier alpha value is -1.43. The molecule has 5 nitrogen and oxygen atoms in total. The zero-order chi connectivity index (χ0) is 31.2. The summed E-state index contributed by atoms with van der Waals surface area (Å²) in [6.07, 6.45) is 40.9. The van der Waals surface area contributed by atoms with Crippen molar-refractivity contribution in [3.8, 4) is 0 Å². The van der Waals surface area contributed by atoms with E-state index in [1.807, 2.05) is 0 Å². The molecule has 1 amide bonds. The lowest BCUT2D eigenvalue weighted by molar-refractivity contribution is -0.123. The second-order valence-corrected chi connectivity index (χ2v) is 12.7. The van der Waals surface area contributed by atoms with Crippen LogP contribution in [0.3, 0.4) is 0 Å². The van der Waals surface area contributed by atoms with Crippen molar-refractivity contribution >= 4 is 5.91 Å². The second kappa shape index (κ2) is 29.3. The number of amides is 1. The Morgan fingerprint density at radius 2 is 1.23 bits per heavy atom. The Bertz CT molecular complexity index is 719. The summed E-state index contributed by atoms with van der Waals surface area (Å²) in [5, 5.41) is 23.0. The number of allylic oxidation sites excluding steroid dienone is 5. The van der Waals surface area contributed by atoms with Crippen molar-refractivity contribution in [2.24, 2.45) is 0 Å². The van der Waals surface area contributed by atoms with Crippen molar-refractivity contribution < 1.29 is 19.7 Å². The maximum atomic E-state index is 12.3. The molecule has 0 aromatic heterocycles. The molecule has 0 bridgehead atoms. The standard InChI is InChI=1S/C38H69NO4/c1-3-5-7-8-9-10-11-12-13-16-19-22-26-29-35(41)34(33-40)39-38(42)32-28-24-21-18-15-14-17-20-23-27-31-37-36(43-37)30-25-6-4-2/h14,17-18,21,23,27,34-37,40-41H,3-13,15-16,19-20,22,24-26,28-33H2,1-2H3,(H,39,42)/b17-14-,21-18-,27-23-/t34-,35+,36?,37?/m0/s1. The molecule has 4 atom stereocenters. The van der Waals surface area contributed by atoms with Gasteiger partial charge in [-0.1, -0.05) is 153 Å². The largest absolute Gasteiger partial charge is 0.394 e. The van der Waals surface area contributed by atoms with Gasteiger partial charge in [-0.3, -0.25) is 4.79 Å². The number of carbonyl (C=O) groups is 1. The zero-order valence-electron chi connectivity index (χ0n) is 28.2. The Balaban J connectivity index is 1.95. The summed E-state index contributed by atoms with van der Waals surface area (Å²) in [5.74, 6) is -0.0903. The zero-order valence-corrected chi connectivity index (χ0v) is 28.2. The van der Waals surface area contributed by atoms with E-state index in [1.54, 1.807) is 0 Å². The van der Waals surface area contributed by atoms with Gasteiger partial charge in [0.15, 0.2) is 0 Å². The third-order valence-corrected chi connectivity index (χ3v) is 8.58. The monoisotopic (exact) mass is 604 g/mol. The number of aliphatic hydroxyl groups is 2. The average Bonchev–Trinajstić information content (AvgIpc) is 3.76. The fourth-order valence-electron chi connectivity index (χ4n) is 5.62. The summed E-state index contributed by atoms with van der Waals surface area (Å²) in [6, 6.07) is -0.566. The van der Waals surface area contributed by atoms with E-state index in [-0.39, 0.29) is 12.5 Å². The summed E-state index contributed by atoms with van der Waals surface area (Å²) in [5.41, 5.74) is 0. The van der Waals surface area contributed by atoms with Gasteiger partial charge in [0.05, 0.1) is 31.0 Å². The number of nitrogens with one attached hydrogen (secondary N) is 1. The lowest BCUT2D eigenvalue weighted by atomic mass is 10.0. The molecule has 0 radical (unpaired) electrons. The molecule has 0 aliphatic carbocycles. The van der Waals surface area contributed by atoms with Gasteiger partial charge < -0.3 is 20.3 Å². The summed E-state index contributed by atoms with van der Waals surface area (Å²) < 4.78 is 5.72. The first-order valence-corrected chi connectivity index (χ1v) is 18.3. The Morgan fingerprint density at radius 1 is 0.698 bits per heavy atom. The first kappa shape index (κ1) is 39.6. The second-order valence-electron chi connectivity index (χ2n) is 12.7. The van der Waals surface area contributed by atoms with Gasteiger partial charge in [0.25, 0.3) is 0 Å². The Kier molecular flexibility index (Phi) is 27.0. The minimum absolute atomic E-state index is 0.0903. The summed E-state index contributed by atoms with van der Waals surface area (Å²) in [6.45, 7) is 4.28. The van der Waals surface area contributed by atoms with Gasteiger partial charge in [-0.2, -0.15) is 0 Å². The molecular formula is C38H69NO4. The minimum atomic E-state index is -0.683. The van der Waals surface area contributed by atoms with Crippen LogP contribution in [-0.2, 0) is 9.53 Å². The molecular weight excluding hydrogens is 534 g/mol. The van der Waals surface area contributed by atoms with Gasteiger partial charge in [0, 0.05) is 6.42 Å². The highest BCUT2D eigenvalue weighted by Crippen LogP contribution is 2.30. The fraction of sp³-hybridized carbons (Fsp3) is 0.816. The molecule has 3 N–H and O–H groups in total. The van der Waals surface area contributed by atoms with Crippen molar-refractivity contribution in [2.75, 3.05) is 6.61 Å². The van der Waals surface area contributed by atoms with E-state index in [0.29, 0.717) is 25.0 Å². The first-order chi connectivity index (χ1) is 21.1. The number of ether oxygens (including phenoxy) is 1. The lowest BCUT2D eigenvalue weighted by Crippen LogP contribution is -2.45. The third-order valence-electron chi connectivity index (χ3n) is 8.58. The van der Waals surface area contributed by atoms with Crippen LogP contribution in [0.2, 0.25) is 0 Å². The number of rotatable bonds is 31. The molecule has 0 spiro atoms. The van der Waals surface area contributed by atoms with E-state index in [4.69, 9.17) is 4.74 Å². The van der Waals surface area contributed by atoms with Crippen molar-refractivity contribution in [2.45, 2.75) is 192 Å². The number of carbonyl (C=O) groups excluding carboxylic acids is 1. The molecule has 43 heavy (non-hydrogen) atoms. The molecule has 1 aliphatic rings. The predicted octanol–water partition coefficient (Wildman–Crippen LogP) is 9.66. The molecule has 1 aliphatic heterocycles. The molecule has 0 aromatic carbocycles. The van der Waals surface area contributed by atoms with Crippen LogP contribution in [0.5, 0.6) is 0 Å². The van der Waals surface area contributed by atoms with Crippen LogP contribution in [0.1, 0.15) is 168 Å². The Labute approximate surface area is 266 Å². The summed E-state index contributed by atoms with van der Waals surface area (Å²) >= 11 is 0. The summed E-state index contributed by atoms with van der Waals surface area (Å²) in [7, 11) is 0. The molecule has 1 heterocycles. The van der Waals surface area contributed by atoms with Gasteiger partial charge in [0.2, 0.25) is 5.91 Å². The Morgan fingerprint density at radius 3 is 1.84 bits per heavy atom. The number of hydrogen-bond acceptors (Lipinski definition) is 4. The highest BCUT2D eigenvalue weighted by Gasteiger charge is 2.36. The summed E-state index contributed by atoms with van der Waals surface area (Å²) in [4.78, 5) is 12.3. The first-order valence-electron chi connectivity index (χ1n) is 18.3. The molecule has 1 saturated heterocycles. The van der Waals surface area contributed by atoms with Gasteiger partial charge in [-0.15, -0.1) is 0 Å². The van der Waals surface area contributed by atoms with Gasteiger partial charge in [0.1, 0.15) is 0 Å². The smallest absolute Gasteiger partial charge is 0.220 e. The van der Waals surface area contributed by atoms with Gasteiger partial charge in [-0.05, 0) is 44.9 Å². The quantitative estimate of drug-likeness (QED) is 0.0418. The van der Waals surface area contributed by atoms with Crippen molar-refractivity contribution in [1.82, 2.24) is 5.32 Å². The van der Waals surface area contributed by atoms with Crippen LogP contribution in [0, 0.1) is 0 Å². The molecule has 0 aromatic rings. The predicted molar refractivity (Wildman–Crippen MR) is 183 cm³/mol. The average molecular weight is 604 g/mol. The van der Waals surface area contributed by atoms with E-state index in [0.717, 1.165) is 44.9 Å². The van der Waals surface area contributed by atoms with E-state index in [9.17, 15) is 15.0 Å². The van der Waals surface area contributed by atoms with E-state index < -0.39 is 12.1 Å². The lowest BCUT2D eigenvalue weighted by Gasteiger charge is -2.22. The highest BCUT2D eigenvalue weighted by molar-refractivity contribution is 5.76. The minimum Gasteiger partial charge on any atom is -0.394 e. The third kappa shape index (κ3) is 24.6. The molecule has 5 heteroatoms. The van der Waals surface area contributed by atoms with Crippen molar-refractivity contribution in [3.05, 3.63) is 36.5 Å². The maximum absolute atomic E-state index is 12.3. The van der Waals surface area contributed by atoms with Crippen LogP contribution in [0.25, 0.3) is 0 Å². The van der Waals surface area contributed by atoms with Crippen LogP contribution >= 0.6 is 0 Å². The SMILES string of the molecule is CCCCCCCCCCCCCCC[C@@H](O)[C@H](CO)NC(=O)CCC/C=C\C/C=C\C/C=C\CC1OC1CCCCC. The van der Waals surface area contributed by atoms with E-state index >= 15 is 0 Å². The van der Waals surface area contributed by atoms with Crippen LogP contribution < -0.4 is 5.32 Å². The van der Waals surface area contributed by atoms with Gasteiger partial charge >= 0.3 is 0 Å². The van der Waals surface area contributed by atoms with Gasteiger partial charge in [-0.25, -0.2) is 0 Å². The number of unbranched alkanes of at least 4 members (excludes halogenated alkanes) is 15. The molecule has 2 unspecified atom stereocenters. The fourth-order valence-corrected chi connectivity index (χ4v) is 5.62. The maximum Gasteiger partial charge on any atom is 0.220 e. The van der Waals surface area contributed by atoms with E-state index in [2.05, 4.69) is 55.6 Å². The number of aliphatic hydroxyl groups excluding tert-OH is 2.